The summed E-state index contributed by atoms with van der Waals surface area (Å²) in [5.74, 6) is 0.989. The van der Waals surface area contributed by atoms with E-state index in [1.807, 2.05) is 30.3 Å². The molecule has 0 aliphatic carbocycles. The Bertz CT molecular complexity index is 706. The van der Waals surface area contributed by atoms with Gasteiger partial charge >= 0.3 is 0 Å². The van der Waals surface area contributed by atoms with E-state index in [0.29, 0.717) is 13.0 Å². The average Bonchev–Trinajstić information content (AvgIpc) is 3.13. The predicted molar refractivity (Wildman–Crippen MR) is 95.1 cm³/mol. The van der Waals surface area contributed by atoms with Crippen molar-refractivity contribution in [3.05, 3.63) is 60.1 Å². The van der Waals surface area contributed by atoms with E-state index in [9.17, 15) is 9.59 Å². The largest absolute Gasteiger partial charge is 0.497 e. The van der Waals surface area contributed by atoms with Crippen molar-refractivity contribution in [2.24, 2.45) is 0 Å². The predicted octanol–water partition coefficient (Wildman–Crippen LogP) is 2.16. The average molecular weight is 342 g/mol. The molecule has 1 heterocycles. The molecule has 2 aromatic rings. The molecule has 1 atom stereocenters. The first-order chi connectivity index (χ1) is 12.1. The number of furan rings is 1. The van der Waals surface area contributed by atoms with Crippen molar-refractivity contribution in [3.63, 3.8) is 0 Å². The molecule has 2 N–H and O–H groups in total. The highest BCUT2D eigenvalue weighted by molar-refractivity contribution is 5.95. The Kier molecular flexibility index (Phi) is 6.83. The molecule has 25 heavy (non-hydrogen) atoms. The molecule has 1 unspecified atom stereocenters. The molecule has 2 rings (SSSR count). The van der Waals surface area contributed by atoms with Crippen LogP contribution in [0.3, 0.4) is 0 Å². The lowest BCUT2D eigenvalue weighted by molar-refractivity contribution is -0.126. The molecule has 1 aromatic carbocycles. The molecule has 1 aromatic heterocycles. The molecule has 0 spiro atoms. The van der Waals surface area contributed by atoms with Gasteiger partial charge in [-0.1, -0.05) is 12.1 Å². The summed E-state index contributed by atoms with van der Waals surface area (Å²) in [6, 6.07) is 10.3. The number of hydrogen-bond donors (Lipinski definition) is 2. The Morgan fingerprint density at radius 1 is 1.24 bits per heavy atom. The molecule has 0 saturated carbocycles. The van der Waals surface area contributed by atoms with Gasteiger partial charge in [-0.2, -0.15) is 0 Å². The SMILES string of the molecule is COc1ccc(/C=C/C(=O)NC(C)C(=O)NCCc2ccco2)cc1. The van der Waals surface area contributed by atoms with Crippen molar-refractivity contribution >= 4 is 17.9 Å². The highest BCUT2D eigenvalue weighted by Crippen LogP contribution is 2.12. The van der Waals surface area contributed by atoms with Crippen molar-refractivity contribution in [3.8, 4) is 5.75 Å². The molecular weight excluding hydrogens is 320 g/mol. The first-order valence-electron chi connectivity index (χ1n) is 8.01. The van der Waals surface area contributed by atoms with E-state index in [-0.39, 0.29) is 11.8 Å². The van der Waals surface area contributed by atoms with Crippen LogP contribution in [-0.4, -0.2) is 31.5 Å². The maximum atomic E-state index is 12.0. The van der Waals surface area contributed by atoms with Crippen LogP contribution < -0.4 is 15.4 Å². The molecule has 132 valence electrons. The number of ether oxygens (including phenoxy) is 1. The normalized spacial score (nSPS) is 11.9. The second kappa shape index (κ2) is 9.32. The van der Waals surface area contributed by atoms with Crippen LogP contribution in [0.25, 0.3) is 6.08 Å². The number of hydrogen-bond acceptors (Lipinski definition) is 4. The van der Waals surface area contributed by atoms with Crippen LogP contribution in [0.5, 0.6) is 5.75 Å². The number of benzene rings is 1. The van der Waals surface area contributed by atoms with Crippen LogP contribution in [0.15, 0.2) is 53.2 Å². The molecule has 0 aliphatic rings. The third kappa shape index (κ3) is 6.18. The van der Waals surface area contributed by atoms with Crippen molar-refractivity contribution < 1.29 is 18.7 Å². The minimum atomic E-state index is -0.621. The third-order valence-electron chi connectivity index (χ3n) is 3.55. The van der Waals surface area contributed by atoms with Crippen LogP contribution in [0, 0.1) is 0 Å². The van der Waals surface area contributed by atoms with E-state index in [2.05, 4.69) is 10.6 Å². The number of rotatable bonds is 8. The van der Waals surface area contributed by atoms with Crippen LogP contribution in [0.1, 0.15) is 18.2 Å². The second-order valence-electron chi connectivity index (χ2n) is 5.46. The van der Waals surface area contributed by atoms with Gasteiger partial charge in [-0.15, -0.1) is 0 Å². The summed E-state index contributed by atoms with van der Waals surface area (Å²) in [6.07, 6.45) is 5.27. The summed E-state index contributed by atoms with van der Waals surface area (Å²) in [4.78, 5) is 23.9. The third-order valence-corrected chi connectivity index (χ3v) is 3.55. The van der Waals surface area contributed by atoms with Crippen LogP contribution in [0.4, 0.5) is 0 Å². The molecule has 0 radical (unpaired) electrons. The van der Waals surface area contributed by atoms with Gasteiger partial charge in [0.25, 0.3) is 0 Å². The van der Waals surface area contributed by atoms with Crippen molar-refractivity contribution in [1.82, 2.24) is 10.6 Å². The fourth-order valence-corrected chi connectivity index (χ4v) is 2.13. The molecule has 0 bridgehead atoms. The number of nitrogens with one attached hydrogen (secondary N) is 2. The number of methoxy groups -OCH3 is 1. The smallest absolute Gasteiger partial charge is 0.244 e. The summed E-state index contributed by atoms with van der Waals surface area (Å²) in [5.41, 5.74) is 0.867. The number of amides is 2. The van der Waals surface area contributed by atoms with E-state index in [0.717, 1.165) is 17.1 Å². The van der Waals surface area contributed by atoms with E-state index >= 15 is 0 Å². The zero-order chi connectivity index (χ0) is 18.1. The van der Waals surface area contributed by atoms with Gasteiger partial charge in [0.1, 0.15) is 17.6 Å². The molecule has 6 nitrogen and oxygen atoms in total. The molecular formula is C19H22N2O4. The Morgan fingerprint density at radius 3 is 2.64 bits per heavy atom. The standard InChI is InChI=1S/C19H22N2O4/c1-14(19(23)20-12-11-17-4-3-13-25-17)21-18(22)10-7-15-5-8-16(24-2)9-6-15/h3-10,13-14H,11-12H2,1-2H3,(H,20,23)(H,21,22)/b10-7+. The van der Waals surface area contributed by atoms with Gasteiger partial charge in [0.15, 0.2) is 0 Å². The maximum absolute atomic E-state index is 12.0. The lowest BCUT2D eigenvalue weighted by Crippen LogP contribution is -2.44. The van der Waals surface area contributed by atoms with Crippen molar-refractivity contribution in [2.75, 3.05) is 13.7 Å². The summed E-state index contributed by atoms with van der Waals surface area (Å²) < 4.78 is 10.3. The van der Waals surface area contributed by atoms with Gasteiger partial charge in [-0.3, -0.25) is 9.59 Å². The lowest BCUT2D eigenvalue weighted by atomic mass is 10.2. The van der Waals surface area contributed by atoms with Crippen molar-refractivity contribution in [2.45, 2.75) is 19.4 Å². The van der Waals surface area contributed by atoms with Crippen LogP contribution >= 0.6 is 0 Å². The lowest BCUT2D eigenvalue weighted by Gasteiger charge is -2.12. The van der Waals surface area contributed by atoms with Gasteiger partial charge in [0.2, 0.25) is 11.8 Å². The quantitative estimate of drug-likeness (QED) is 0.721. The summed E-state index contributed by atoms with van der Waals surface area (Å²) in [6.45, 7) is 2.09. The fraction of sp³-hybridized carbons (Fsp3) is 0.263. The van der Waals surface area contributed by atoms with Crippen LogP contribution in [0.2, 0.25) is 0 Å². The number of carbonyl (C=O) groups is 2. The highest BCUT2D eigenvalue weighted by atomic mass is 16.5. The topological polar surface area (TPSA) is 80.6 Å². The molecule has 2 amide bonds. The zero-order valence-electron chi connectivity index (χ0n) is 14.3. The number of carbonyl (C=O) groups excluding carboxylic acids is 2. The fourth-order valence-electron chi connectivity index (χ4n) is 2.13. The van der Waals surface area contributed by atoms with Gasteiger partial charge in [-0.25, -0.2) is 0 Å². The van der Waals surface area contributed by atoms with Gasteiger partial charge < -0.3 is 19.8 Å². The van der Waals surface area contributed by atoms with Crippen LogP contribution in [-0.2, 0) is 16.0 Å². The molecule has 0 fully saturated rings. The molecule has 6 heteroatoms. The van der Waals surface area contributed by atoms with E-state index in [4.69, 9.17) is 9.15 Å². The monoisotopic (exact) mass is 342 g/mol. The summed E-state index contributed by atoms with van der Waals surface area (Å²) in [5, 5.41) is 5.39. The van der Waals surface area contributed by atoms with Gasteiger partial charge in [-0.05, 0) is 42.8 Å². The zero-order valence-corrected chi connectivity index (χ0v) is 14.3. The van der Waals surface area contributed by atoms with Gasteiger partial charge in [0.05, 0.1) is 13.4 Å². The van der Waals surface area contributed by atoms with Crippen molar-refractivity contribution in [1.29, 1.82) is 0 Å². The minimum Gasteiger partial charge on any atom is -0.497 e. The van der Waals surface area contributed by atoms with E-state index < -0.39 is 6.04 Å². The Morgan fingerprint density at radius 2 is 2.00 bits per heavy atom. The molecule has 0 saturated heterocycles. The Balaban J connectivity index is 1.74. The first kappa shape index (κ1) is 18.3. The summed E-state index contributed by atoms with van der Waals surface area (Å²) in [7, 11) is 1.60. The maximum Gasteiger partial charge on any atom is 0.244 e. The van der Waals surface area contributed by atoms with E-state index in [1.165, 1.54) is 6.08 Å². The minimum absolute atomic E-state index is 0.238. The first-order valence-corrected chi connectivity index (χ1v) is 8.01. The Hall–Kier alpha value is -3.02. The Labute approximate surface area is 146 Å². The second-order valence-corrected chi connectivity index (χ2v) is 5.46. The summed E-state index contributed by atoms with van der Waals surface area (Å²) >= 11 is 0. The highest BCUT2D eigenvalue weighted by Gasteiger charge is 2.13. The molecule has 0 aliphatic heterocycles. The van der Waals surface area contributed by atoms with Gasteiger partial charge in [0, 0.05) is 19.0 Å². The van der Waals surface area contributed by atoms with E-state index in [1.54, 1.807) is 32.4 Å².